The number of carbonyl (C=O) groups excluding carboxylic acids is 3. The lowest BCUT2D eigenvalue weighted by Gasteiger charge is -2.25. The zero-order chi connectivity index (χ0) is 20.0. The van der Waals surface area contributed by atoms with Crippen molar-refractivity contribution in [3.63, 3.8) is 0 Å². The van der Waals surface area contributed by atoms with Gasteiger partial charge >= 0.3 is 11.8 Å². The zero-order valence-corrected chi connectivity index (χ0v) is 16.0. The van der Waals surface area contributed by atoms with Gasteiger partial charge in [0.1, 0.15) is 0 Å². The first-order valence-electron chi connectivity index (χ1n) is 8.40. The molecule has 0 radical (unpaired) electrons. The molecule has 0 spiro atoms. The van der Waals surface area contributed by atoms with Gasteiger partial charge in [-0.15, -0.1) is 0 Å². The SMILES string of the molecule is CC(C)(CNC(=O)C(=O)Nc1ccccc1CC(N)=O)c1cccc(Cl)c1. The van der Waals surface area contributed by atoms with Crippen LogP contribution in [0.15, 0.2) is 48.5 Å². The number of nitrogens with one attached hydrogen (secondary N) is 2. The molecule has 142 valence electrons. The first kappa shape index (κ1) is 20.5. The van der Waals surface area contributed by atoms with E-state index < -0.39 is 23.1 Å². The van der Waals surface area contributed by atoms with E-state index in [-0.39, 0.29) is 13.0 Å². The summed E-state index contributed by atoms with van der Waals surface area (Å²) in [6.45, 7) is 4.14. The van der Waals surface area contributed by atoms with Gasteiger partial charge in [-0.2, -0.15) is 0 Å². The van der Waals surface area contributed by atoms with Gasteiger partial charge in [-0.05, 0) is 29.3 Å². The fourth-order valence-corrected chi connectivity index (χ4v) is 2.75. The van der Waals surface area contributed by atoms with Crippen molar-refractivity contribution < 1.29 is 14.4 Å². The Balaban J connectivity index is 2.00. The molecule has 4 N–H and O–H groups in total. The van der Waals surface area contributed by atoms with E-state index in [4.69, 9.17) is 17.3 Å². The monoisotopic (exact) mass is 387 g/mol. The highest BCUT2D eigenvalue weighted by molar-refractivity contribution is 6.39. The maximum Gasteiger partial charge on any atom is 0.313 e. The standard InChI is InChI=1S/C20H22ClN3O3/c1-20(2,14-7-5-8-15(21)11-14)12-23-18(26)19(27)24-16-9-4-3-6-13(16)10-17(22)25/h3-9,11H,10,12H2,1-2H3,(H2,22,25)(H,23,26)(H,24,27). The molecule has 0 unspecified atom stereocenters. The summed E-state index contributed by atoms with van der Waals surface area (Å²) >= 11 is 6.02. The summed E-state index contributed by atoms with van der Waals surface area (Å²) < 4.78 is 0. The van der Waals surface area contributed by atoms with Crippen molar-refractivity contribution in [2.75, 3.05) is 11.9 Å². The summed E-state index contributed by atoms with van der Waals surface area (Å²) in [4.78, 5) is 35.5. The summed E-state index contributed by atoms with van der Waals surface area (Å²) in [5.41, 5.74) is 6.67. The van der Waals surface area contributed by atoms with E-state index in [1.807, 2.05) is 32.0 Å². The molecule has 0 aliphatic carbocycles. The molecule has 0 fully saturated rings. The van der Waals surface area contributed by atoms with Crippen LogP contribution < -0.4 is 16.4 Å². The summed E-state index contributed by atoms with van der Waals surface area (Å²) in [6, 6.07) is 14.0. The van der Waals surface area contributed by atoms with Gasteiger partial charge in [-0.3, -0.25) is 14.4 Å². The van der Waals surface area contributed by atoms with Crippen molar-refractivity contribution in [2.24, 2.45) is 5.73 Å². The van der Waals surface area contributed by atoms with E-state index in [0.29, 0.717) is 16.3 Å². The molecule has 0 heterocycles. The molecule has 0 aromatic heterocycles. The van der Waals surface area contributed by atoms with Crippen LogP contribution in [0.4, 0.5) is 5.69 Å². The Morgan fingerprint density at radius 1 is 1.04 bits per heavy atom. The number of anilines is 1. The van der Waals surface area contributed by atoms with E-state index in [2.05, 4.69) is 10.6 Å². The number of primary amides is 1. The number of carbonyl (C=O) groups is 3. The smallest absolute Gasteiger partial charge is 0.313 e. The molecule has 0 saturated carbocycles. The van der Waals surface area contributed by atoms with E-state index in [0.717, 1.165) is 5.56 Å². The number of rotatable bonds is 6. The van der Waals surface area contributed by atoms with Crippen LogP contribution in [-0.2, 0) is 26.2 Å². The molecule has 2 aromatic rings. The zero-order valence-electron chi connectivity index (χ0n) is 15.2. The van der Waals surface area contributed by atoms with Gasteiger partial charge in [0, 0.05) is 22.7 Å². The van der Waals surface area contributed by atoms with Gasteiger partial charge < -0.3 is 16.4 Å². The van der Waals surface area contributed by atoms with E-state index in [9.17, 15) is 14.4 Å². The molecule has 2 aromatic carbocycles. The van der Waals surface area contributed by atoms with Crippen LogP contribution in [0.5, 0.6) is 0 Å². The van der Waals surface area contributed by atoms with Crippen molar-refractivity contribution in [1.29, 1.82) is 0 Å². The Morgan fingerprint density at radius 3 is 2.41 bits per heavy atom. The molecule has 0 atom stereocenters. The number of hydrogen-bond acceptors (Lipinski definition) is 3. The number of hydrogen-bond donors (Lipinski definition) is 3. The van der Waals surface area contributed by atoms with Crippen molar-refractivity contribution in [3.05, 3.63) is 64.7 Å². The molecule has 2 rings (SSSR count). The third kappa shape index (κ3) is 5.82. The quantitative estimate of drug-likeness (QED) is 0.663. The molecule has 27 heavy (non-hydrogen) atoms. The molecular weight excluding hydrogens is 366 g/mol. The minimum Gasteiger partial charge on any atom is -0.369 e. The Labute approximate surface area is 163 Å². The molecule has 0 aliphatic rings. The van der Waals surface area contributed by atoms with Crippen LogP contribution in [0.25, 0.3) is 0 Å². The minimum atomic E-state index is -0.811. The molecule has 3 amide bonds. The molecule has 0 saturated heterocycles. The molecule has 0 bridgehead atoms. The topological polar surface area (TPSA) is 101 Å². The van der Waals surface area contributed by atoms with Crippen LogP contribution in [0.3, 0.4) is 0 Å². The third-order valence-electron chi connectivity index (χ3n) is 4.13. The van der Waals surface area contributed by atoms with E-state index in [1.165, 1.54) is 0 Å². The summed E-state index contributed by atoms with van der Waals surface area (Å²) in [5.74, 6) is -2.10. The highest BCUT2D eigenvalue weighted by atomic mass is 35.5. The second-order valence-corrected chi connectivity index (χ2v) is 7.27. The van der Waals surface area contributed by atoms with E-state index in [1.54, 1.807) is 30.3 Å². The Bertz CT molecular complexity index is 865. The van der Waals surface area contributed by atoms with Crippen molar-refractivity contribution >= 4 is 35.0 Å². The lowest BCUT2D eigenvalue weighted by Crippen LogP contribution is -2.42. The number of nitrogens with two attached hydrogens (primary N) is 1. The predicted octanol–water partition coefficient (Wildman–Crippen LogP) is 2.40. The molecule has 6 nitrogen and oxygen atoms in total. The van der Waals surface area contributed by atoms with Crippen LogP contribution in [0.1, 0.15) is 25.0 Å². The normalized spacial score (nSPS) is 10.9. The maximum atomic E-state index is 12.2. The van der Waals surface area contributed by atoms with Gasteiger partial charge in [-0.1, -0.05) is 55.8 Å². The first-order valence-corrected chi connectivity index (χ1v) is 8.78. The lowest BCUT2D eigenvalue weighted by molar-refractivity contribution is -0.136. The number of halogens is 1. The largest absolute Gasteiger partial charge is 0.369 e. The average molecular weight is 388 g/mol. The van der Waals surface area contributed by atoms with Gasteiger partial charge in [0.05, 0.1) is 6.42 Å². The Kier molecular flexibility index (Phi) is 6.58. The lowest BCUT2D eigenvalue weighted by atomic mass is 9.84. The number of amides is 3. The summed E-state index contributed by atoms with van der Waals surface area (Å²) in [7, 11) is 0. The first-order chi connectivity index (χ1) is 12.7. The van der Waals surface area contributed by atoms with Crippen LogP contribution in [0.2, 0.25) is 5.02 Å². The number of benzene rings is 2. The van der Waals surface area contributed by atoms with Crippen LogP contribution in [-0.4, -0.2) is 24.3 Å². The number of para-hydroxylation sites is 1. The second-order valence-electron chi connectivity index (χ2n) is 6.83. The summed E-state index contributed by atoms with van der Waals surface area (Å²) in [6.07, 6.45) is -0.0279. The second kappa shape index (κ2) is 8.68. The van der Waals surface area contributed by atoms with Gasteiger partial charge in [0.2, 0.25) is 5.91 Å². The van der Waals surface area contributed by atoms with Gasteiger partial charge in [0.25, 0.3) is 0 Å². The Morgan fingerprint density at radius 2 is 1.74 bits per heavy atom. The predicted molar refractivity (Wildman–Crippen MR) is 105 cm³/mol. The maximum absolute atomic E-state index is 12.2. The van der Waals surface area contributed by atoms with Crippen molar-refractivity contribution in [2.45, 2.75) is 25.7 Å². The Hall–Kier alpha value is -2.86. The summed E-state index contributed by atoms with van der Waals surface area (Å²) in [5, 5.41) is 5.76. The van der Waals surface area contributed by atoms with Crippen molar-refractivity contribution in [1.82, 2.24) is 5.32 Å². The highest BCUT2D eigenvalue weighted by Crippen LogP contribution is 2.24. The molecule has 0 aliphatic heterocycles. The molecule has 7 heteroatoms. The van der Waals surface area contributed by atoms with Gasteiger partial charge in [0.15, 0.2) is 0 Å². The average Bonchev–Trinajstić information content (AvgIpc) is 2.61. The fourth-order valence-electron chi connectivity index (χ4n) is 2.56. The van der Waals surface area contributed by atoms with Crippen LogP contribution >= 0.6 is 11.6 Å². The minimum absolute atomic E-state index is 0.0279. The third-order valence-corrected chi connectivity index (χ3v) is 4.37. The fraction of sp³-hybridized carbons (Fsp3) is 0.250. The van der Waals surface area contributed by atoms with E-state index >= 15 is 0 Å². The molecular formula is C20H22ClN3O3. The van der Waals surface area contributed by atoms with Gasteiger partial charge in [-0.25, -0.2) is 0 Å². The van der Waals surface area contributed by atoms with Crippen molar-refractivity contribution in [3.8, 4) is 0 Å². The highest BCUT2D eigenvalue weighted by Gasteiger charge is 2.24. The van der Waals surface area contributed by atoms with Crippen LogP contribution in [0, 0.1) is 0 Å².